The third kappa shape index (κ3) is 4.50. The van der Waals surface area contributed by atoms with Crippen molar-refractivity contribution in [2.45, 2.75) is 45.1 Å². The molecular formula is C14H22N4O. The van der Waals surface area contributed by atoms with E-state index in [2.05, 4.69) is 15.3 Å². The number of likely N-dealkylation sites (tertiary alicyclic amines) is 1. The minimum atomic E-state index is 0.0540. The highest BCUT2D eigenvalue weighted by atomic mass is 16.2. The van der Waals surface area contributed by atoms with Crippen LogP contribution in [0, 0.1) is 0 Å². The fourth-order valence-electron chi connectivity index (χ4n) is 2.38. The van der Waals surface area contributed by atoms with Gasteiger partial charge in [0.25, 0.3) is 0 Å². The molecule has 0 aromatic carbocycles. The first-order valence-electron chi connectivity index (χ1n) is 7.06. The van der Waals surface area contributed by atoms with Gasteiger partial charge in [-0.15, -0.1) is 0 Å². The third-order valence-corrected chi connectivity index (χ3v) is 3.40. The standard InChI is InChI=1S/C14H22N4O/c1-12(10-13-11-15-6-7-16-13)17-14(19)18-8-4-2-3-5-9-18/h6-7,11-12H,2-5,8-10H2,1H3,(H,17,19). The van der Waals surface area contributed by atoms with Crippen molar-refractivity contribution in [2.24, 2.45) is 0 Å². The van der Waals surface area contributed by atoms with Crippen molar-refractivity contribution in [3.05, 3.63) is 24.3 Å². The third-order valence-electron chi connectivity index (χ3n) is 3.40. The normalized spacial score (nSPS) is 17.6. The van der Waals surface area contributed by atoms with Crippen molar-refractivity contribution >= 4 is 6.03 Å². The highest BCUT2D eigenvalue weighted by Gasteiger charge is 2.17. The predicted octanol–water partition coefficient (Wildman–Crippen LogP) is 1.99. The van der Waals surface area contributed by atoms with Gasteiger partial charge in [-0.3, -0.25) is 9.97 Å². The van der Waals surface area contributed by atoms with E-state index in [1.165, 1.54) is 12.8 Å². The Morgan fingerprint density at radius 2 is 2.05 bits per heavy atom. The molecule has 2 heterocycles. The van der Waals surface area contributed by atoms with Gasteiger partial charge in [-0.2, -0.15) is 0 Å². The van der Waals surface area contributed by atoms with Crippen molar-refractivity contribution in [1.29, 1.82) is 0 Å². The minimum Gasteiger partial charge on any atom is -0.335 e. The first-order chi connectivity index (χ1) is 9.25. The average Bonchev–Trinajstić information content (AvgIpc) is 2.68. The van der Waals surface area contributed by atoms with Gasteiger partial charge in [-0.1, -0.05) is 12.8 Å². The second kappa shape index (κ2) is 7.07. The Kier molecular flexibility index (Phi) is 5.12. The van der Waals surface area contributed by atoms with Crippen LogP contribution in [0.1, 0.15) is 38.3 Å². The molecule has 1 saturated heterocycles. The summed E-state index contributed by atoms with van der Waals surface area (Å²) in [5, 5.41) is 3.05. The maximum atomic E-state index is 12.1. The largest absolute Gasteiger partial charge is 0.335 e. The SMILES string of the molecule is CC(Cc1cnccn1)NC(=O)N1CCCCCC1. The first-order valence-corrected chi connectivity index (χ1v) is 7.06. The first kappa shape index (κ1) is 13.8. The average molecular weight is 262 g/mol. The zero-order valence-corrected chi connectivity index (χ0v) is 11.5. The zero-order valence-electron chi connectivity index (χ0n) is 11.5. The van der Waals surface area contributed by atoms with Crippen LogP contribution in [0.25, 0.3) is 0 Å². The van der Waals surface area contributed by atoms with Crippen molar-refractivity contribution in [1.82, 2.24) is 20.2 Å². The Balaban J connectivity index is 1.80. The van der Waals surface area contributed by atoms with Crippen molar-refractivity contribution < 1.29 is 4.79 Å². The molecule has 1 atom stereocenters. The summed E-state index contributed by atoms with van der Waals surface area (Å²) in [6, 6.07) is 0.130. The molecule has 0 radical (unpaired) electrons. The zero-order chi connectivity index (χ0) is 13.5. The molecule has 1 N–H and O–H groups in total. The molecule has 19 heavy (non-hydrogen) atoms. The van der Waals surface area contributed by atoms with E-state index in [1.807, 2.05) is 11.8 Å². The maximum absolute atomic E-state index is 12.1. The topological polar surface area (TPSA) is 58.1 Å². The molecule has 1 unspecified atom stereocenters. The Hall–Kier alpha value is -1.65. The van der Waals surface area contributed by atoms with Crippen LogP contribution in [-0.2, 0) is 6.42 Å². The van der Waals surface area contributed by atoms with E-state index in [0.717, 1.165) is 31.6 Å². The van der Waals surface area contributed by atoms with Crippen LogP contribution in [0.2, 0.25) is 0 Å². The van der Waals surface area contributed by atoms with Crippen molar-refractivity contribution in [2.75, 3.05) is 13.1 Å². The lowest BCUT2D eigenvalue weighted by Crippen LogP contribution is -2.45. The molecule has 1 aromatic rings. The lowest BCUT2D eigenvalue weighted by molar-refractivity contribution is 0.196. The second-order valence-electron chi connectivity index (χ2n) is 5.15. The molecule has 104 valence electrons. The molecule has 2 amide bonds. The number of nitrogens with zero attached hydrogens (tertiary/aromatic N) is 3. The van der Waals surface area contributed by atoms with Crippen LogP contribution >= 0.6 is 0 Å². The monoisotopic (exact) mass is 262 g/mol. The fourth-order valence-corrected chi connectivity index (χ4v) is 2.38. The number of carbonyl (C=O) groups excluding carboxylic acids is 1. The van der Waals surface area contributed by atoms with Crippen LogP contribution in [-0.4, -0.2) is 40.0 Å². The lowest BCUT2D eigenvalue weighted by atomic mass is 10.2. The number of nitrogens with one attached hydrogen (secondary N) is 1. The Morgan fingerprint density at radius 1 is 1.32 bits per heavy atom. The molecule has 1 fully saturated rings. The van der Waals surface area contributed by atoms with E-state index in [0.29, 0.717) is 6.42 Å². The maximum Gasteiger partial charge on any atom is 0.317 e. The molecule has 1 aliphatic heterocycles. The van der Waals surface area contributed by atoms with E-state index in [-0.39, 0.29) is 12.1 Å². The molecule has 0 bridgehead atoms. The fraction of sp³-hybridized carbons (Fsp3) is 0.643. The summed E-state index contributed by atoms with van der Waals surface area (Å²) in [6.45, 7) is 3.76. The summed E-state index contributed by atoms with van der Waals surface area (Å²) in [5.41, 5.74) is 0.908. The molecule has 0 saturated carbocycles. The summed E-state index contributed by atoms with van der Waals surface area (Å²) >= 11 is 0. The highest BCUT2D eigenvalue weighted by molar-refractivity contribution is 5.74. The molecule has 0 spiro atoms. The van der Waals surface area contributed by atoms with Crippen LogP contribution in [0.3, 0.4) is 0 Å². The van der Waals surface area contributed by atoms with Gasteiger partial charge in [0, 0.05) is 44.1 Å². The summed E-state index contributed by atoms with van der Waals surface area (Å²) in [6.07, 6.45) is 10.5. The number of hydrogen-bond acceptors (Lipinski definition) is 3. The molecule has 5 nitrogen and oxygen atoms in total. The molecule has 1 aliphatic rings. The summed E-state index contributed by atoms with van der Waals surface area (Å²) < 4.78 is 0. The minimum absolute atomic E-state index is 0.0540. The smallest absolute Gasteiger partial charge is 0.317 e. The number of rotatable bonds is 3. The van der Waals surface area contributed by atoms with Crippen LogP contribution < -0.4 is 5.32 Å². The van der Waals surface area contributed by atoms with Crippen LogP contribution in [0.4, 0.5) is 4.79 Å². The van der Waals surface area contributed by atoms with E-state index in [4.69, 9.17) is 0 Å². The molecule has 5 heteroatoms. The Morgan fingerprint density at radius 3 is 2.68 bits per heavy atom. The van der Waals surface area contributed by atoms with Gasteiger partial charge in [0.15, 0.2) is 0 Å². The number of carbonyl (C=O) groups is 1. The second-order valence-corrected chi connectivity index (χ2v) is 5.15. The van der Waals surface area contributed by atoms with E-state index >= 15 is 0 Å². The Bertz CT molecular complexity index is 388. The highest BCUT2D eigenvalue weighted by Crippen LogP contribution is 2.10. The molecule has 2 rings (SSSR count). The number of amides is 2. The quantitative estimate of drug-likeness (QED) is 0.906. The number of urea groups is 1. The summed E-state index contributed by atoms with van der Waals surface area (Å²) in [7, 11) is 0. The predicted molar refractivity (Wildman–Crippen MR) is 73.8 cm³/mol. The van der Waals surface area contributed by atoms with Gasteiger partial charge in [0.1, 0.15) is 0 Å². The van der Waals surface area contributed by atoms with E-state index < -0.39 is 0 Å². The van der Waals surface area contributed by atoms with Gasteiger partial charge < -0.3 is 10.2 Å². The van der Waals surface area contributed by atoms with Gasteiger partial charge in [-0.25, -0.2) is 4.79 Å². The van der Waals surface area contributed by atoms with Gasteiger partial charge in [0.05, 0.1) is 5.69 Å². The van der Waals surface area contributed by atoms with Crippen LogP contribution in [0.5, 0.6) is 0 Å². The van der Waals surface area contributed by atoms with Gasteiger partial charge in [0.2, 0.25) is 0 Å². The molecular weight excluding hydrogens is 240 g/mol. The van der Waals surface area contributed by atoms with E-state index in [9.17, 15) is 4.79 Å². The van der Waals surface area contributed by atoms with Crippen molar-refractivity contribution in [3.8, 4) is 0 Å². The molecule has 1 aromatic heterocycles. The number of hydrogen-bond donors (Lipinski definition) is 1. The summed E-state index contributed by atoms with van der Waals surface area (Å²) in [5.74, 6) is 0. The van der Waals surface area contributed by atoms with Crippen LogP contribution in [0.15, 0.2) is 18.6 Å². The van der Waals surface area contributed by atoms with Crippen molar-refractivity contribution in [3.63, 3.8) is 0 Å². The molecule has 0 aliphatic carbocycles. The Labute approximate surface area is 114 Å². The van der Waals surface area contributed by atoms with Gasteiger partial charge in [-0.05, 0) is 19.8 Å². The van der Waals surface area contributed by atoms with Gasteiger partial charge >= 0.3 is 6.03 Å². The number of aromatic nitrogens is 2. The summed E-state index contributed by atoms with van der Waals surface area (Å²) in [4.78, 5) is 22.3. The van der Waals surface area contributed by atoms with E-state index in [1.54, 1.807) is 18.6 Å². The lowest BCUT2D eigenvalue weighted by Gasteiger charge is -2.23.